The largest absolute Gasteiger partial charge is 0.465 e. The minimum atomic E-state index is -4.71. The first-order valence-electron chi connectivity index (χ1n) is 11.7. The predicted molar refractivity (Wildman–Crippen MR) is 122 cm³/mol. The smallest absolute Gasteiger partial charge is 0.405 e. The van der Waals surface area contributed by atoms with Crippen LogP contribution in [0.1, 0.15) is 106 Å². The summed E-state index contributed by atoms with van der Waals surface area (Å²) in [5.74, 6) is -2.25. The molecule has 0 amide bonds. The van der Waals surface area contributed by atoms with Crippen LogP contribution in [0.2, 0.25) is 0 Å². The van der Waals surface area contributed by atoms with E-state index in [0.29, 0.717) is 6.42 Å². The van der Waals surface area contributed by atoms with E-state index in [1.165, 1.54) is 25.7 Å². The second kappa shape index (κ2) is 15.3. The summed E-state index contributed by atoms with van der Waals surface area (Å²) in [5, 5.41) is 0. The molecule has 1 N–H and O–H groups in total. The van der Waals surface area contributed by atoms with Gasteiger partial charge in [0.15, 0.2) is 0 Å². The molecule has 0 aliphatic rings. The Hall–Kier alpha value is -0.630. The number of hydrogen-bond donors (Lipinski definition) is 1. The molecule has 0 radical (unpaired) electrons. The third-order valence-electron chi connectivity index (χ3n) is 5.03. The second-order valence-electron chi connectivity index (χ2n) is 9.77. The van der Waals surface area contributed by atoms with Crippen molar-refractivity contribution in [3.05, 3.63) is 0 Å². The first-order chi connectivity index (χ1) is 14.3. The predicted octanol–water partition coefficient (Wildman–Crippen LogP) is 6.71. The molecule has 0 aromatic rings. The molecule has 0 aliphatic carbocycles. The van der Waals surface area contributed by atoms with Gasteiger partial charge in [-0.2, -0.15) is 13.2 Å². The SMILES string of the molecule is CCCCCCCCCCC[C@@H](C(=O)OCC(C)C)[C@@H](N[S@](=O)C(C)(C)C)C(F)(F)F. The molecule has 0 bridgehead atoms. The fourth-order valence-electron chi connectivity index (χ4n) is 3.12. The molecule has 0 aliphatic heterocycles. The molecule has 0 heterocycles. The van der Waals surface area contributed by atoms with Gasteiger partial charge in [-0.25, -0.2) is 8.93 Å². The van der Waals surface area contributed by atoms with Crippen molar-refractivity contribution in [3.63, 3.8) is 0 Å². The molecule has 8 heteroatoms. The molecular formula is C23H44F3NO3S. The Morgan fingerprint density at radius 2 is 1.42 bits per heavy atom. The zero-order chi connectivity index (χ0) is 24.1. The van der Waals surface area contributed by atoms with E-state index in [4.69, 9.17) is 4.74 Å². The minimum absolute atomic E-state index is 0.0262. The lowest BCUT2D eigenvalue weighted by Gasteiger charge is -2.31. The van der Waals surface area contributed by atoms with Gasteiger partial charge in [-0.05, 0) is 33.1 Å². The Bertz CT molecular complexity index is 519. The van der Waals surface area contributed by atoms with E-state index in [9.17, 15) is 22.2 Å². The Balaban J connectivity index is 5.03. The lowest BCUT2D eigenvalue weighted by molar-refractivity contribution is -0.180. The van der Waals surface area contributed by atoms with Gasteiger partial charge in [-0.15, -0.1) is 0 Å². The fraction of sp³-hybridized carbons (Fsp3) is 0.957. The van der Waals surface area contributed by atoms with Gasteiger partial charge >= 0.3 is 12.1 Å². The molecule has 3 atom stereocenters. The maximum atomic E-state index is 13.9. The van der Waals surface area contributed by atoms with Crippen LogP contribution < -0.4 is 4.72 Å². The summed E-state index contributed by atoms with van der Waals surface area (Å²) in [6.45, 7) is 10.7. The third-order valence-corrected chi connectivity index (χ3v) is 6.61. The van der Waals surface area contributed by atoms with Crippen molar-refractivity contribution < 1.29 is 26.9 Å². The van der Waals surface area contributed by atoms with E-state index in [1.807, 2.05) is 13.8 Å². The quantitative estimate of drug-likeness (QED) is 0.201. The van der Waals surface area contributed by atoms with Gasteiger partial charge in [-0.1, -0.05) is 78.6 Å². The highest BCUT2D eigenvalue weighted by molar-refractivity contribution is 7.84. The number of carbonyl (C=O) groups excluding carboxylic acids is 1. The van der Waals surface area contributed by atoms with Crippen molar-refractivity contribution in [3.8, 4) is 0 Å². The van der Waals surface area contributed by atoms with Crippen LogP contribution in [0, 0.1) is 11.8 Å². The lowest BCUT2D eigenvalue weighted by Crippen LogP contribution is -2.53. The van der Waals surface area contributed by atoms with Gasteiger partial charge in [0.2, 0.25) is 0 Å². The highest BCUT2D eigenvalue weighted by Crippen LogP contribution is 2.31. The van der Waals surface area contributed by atoms with Crippen molar-refractivity contribution in [2.24, 2.45) is 11.8 Å². The Labute approximate surface area is 190 Å². The molecule has 0 fully saturated rings. The molecule has 0 spiro atoms. The van der Waals surface area contributed by atoms with E-state index >= 15 is 0 Å². The van der Waals surface area contributed by atoms with Crippen molar-refractivity contribution in [1.29, 1.82) is 0 Å². The van der Waals surface area contributed by atoms with Crippen LogP contribution in [0.5, 0.6) is 0 Å². The number of unbranched alkanes of at least 4 members (excludes halogenated alkanes) is 8. The van der Waals surface area contributed by atoms with Crippen molar-refractivity contribution in [2.45, 2.75) is 123 Å². The summed E-state index contributed by atoms with van der Waals surface area (Å²) in [7, 11) is -1.96. The monoisotopic (exact) mass is 471 g/mol. The first-order valence-corrected chi connectivity index (χ1v) is 12.9. The third kappa shape index (κ3) is 14.2. The van der Waals surface area contributed by atoms with Crippen LogP contribution in [-0.4, -0.2) is 33.8 Å². The summed E-state index contributed by atoms with van der Waals surface area (Å²) in [6.07, 6.45) is 4.62. The van der Waals surface area contributed by atoms with Gasteiger partial charge in [0, 0.05) is 0 Å². The lowest BCUT2D eigenvalue weighted by atomic mass is 9.93. The van der Waals surface area contributed by atoms with Gasteiger partial charge in [0.25, 0.3) is 0 Å². The van der Waals surface area contributed by atoms with E-state index in [0.717, 1.165) is 25.7 Å². The van der Waals surface area contributed by atoms with Gasteiger partial charge < -0.3 is 4.74 Å². The standard InChI is InChI=1S/C23H44F3NO3S/c1-7-8-9-10-11-12-13-14-15-16-19(21(28)30-17-18(2)3)20(23(24,25)26)27-31(29)22(4,5)6/h18-20,27H,7-17H2,1-6H3/t19-,20-,31-/m1/s1. The second-order valence-corrected chi connectivity index (χ2v) is 11.8. The molecule has 0 aromatic carbocycles. The summed E-state index contributed by atoms with van der Waals surface area (Å²) < 4.78 is 60.4. The van der Waals surface area contributed by atoms with Crippen LogP contribution in [-0.2, 0) is 20.5 Å². The number of halogens is 3. The van der Waals surface area contributed by atoms with E-state index < -0.39 is 39.8 Å². The highest BCUT2D eigenvalue weighted by Gasteiger charge is 2.49. The van der Waals surface area contributed by atoms with Crippen LogP contribution >= 0.6 is 0 Å². The van der Waals surface area contributed by atoms with E-state index in [1.54, 1.807) is 20.8 Å². The number of hydrogen-bond acceptors (Lipinski definition) is 3. The normalized spacial score (nSPS) is 15.7. The molecular weight excluding hydrogens is 427 g/mol. The molecule has 186 valence electrons. The zero-order valence-corrected chi connectivity index (χ0v) is 21.1. The summed E-state index contributed by atoms with van der Waals surface area (Å²) in [4.78, 5) is 12.6. The maximum absolute atomic E-state index is 13.9. The van der Waals surface area contributed by atoms with Crippen LogP contribution in [0.15, 0.2) is 0 Å². The van der Waals surface area contributed by atoms with Crippen molar-refractivity contribution in [1.82, 2.24) is 4.72 Å². The molecule has 31 heavy (non-hydrogen) atoms. The summed E-state index contributed by atoms with van der Waals surface area (Å²) in [5.41, 5.74) is 0. The molecule has 0 saturated carbocycles. The molecule has 0 saturated heterocycles. The molecule has 0 rings (SSSR count). The number of carbonyl (C=O) groups is 1. The number of rotatable bonds is 16. The Morgan fingerprint density at radius 1 is 0.935 bits per heavy atom. The molecule has 0 aromatic heterocycles. The highest BCUT2D eigenvalue weighted by atomic mass is 32.2. The fourth-order valence-corrected chi connectivity index (χ4v) is 4.00. The van der Waals surface area contributed by atoms with E-state index in [-0.39, 0.29) is 18.9 Å². The zero-order valence-electron chi connectivity index (χ0n) is 20.3. The minimum Gasteiger partial charge on any atom is -0.465 e. The van der Waals surface area contributed by atoms with Gasteiger partial charge in [0.05, 0.1) is 28.3 Å². The van der Waals surface area contributed by atoms with Crippen molar-refractivity contribution >= 4 is 17.0 Å². The van der Waals surface area contributed by atoms with E-state index in [2.05, 4.69) is 11.6 Å². The van der Waals surface area contributed by atoms with Gasteiger partial charge in [-0.3, -0.25) is 4.79 Å². The summed E-state index contributed by atoms with van der Waals surface area (Å²) >= 11 is 0. The van der Waals surface area contributed by atoms with Gasteiger partial charge in [0.1, 0.15) is 6.04 Å². The summed E-state index contributed by atoms with van der Waals surface area (Å²) in [6, 6.07) is -2.19. The average Bonchev–Trinajstić information content (AvgIpc) is 2.64. The van der Waals surface area contributed by atoms with Crippen molar-refractivity contribution in [2.75, 3.05) is 6.61 Å². The average molecular weight is 472 g/mol. The maximum Gasteiger partial charge on any atom is 0.405 e. The molecule has 0 unspecified atom stereocenters. The number of nitrogens with one attached hydrogen (secondary N) is 1. The Kier molecular flexibility index (Phi) is 14.9. The first kappa shape index (κ1) is 30.4. The van der Waals surface area contributed by atoms with Crippen LogP contribution in [0.4, 0.5) is 13.2 Å². The van der Waals surface area contributed by atoms with Crippen LogP contribution in [0.25, 0.3) is 0 Å². The molecule has 4 nitrogen and oxygen atoms in total. The topological polar surface area (TPSA) is 55.4 Å². The number of alkyl halides is 3. The van der Waals surface area contributed by atoms with Crippen LogP contribution in [0.3, 0.4) is 0 Å². The number of ether oxygens (including phenoxy) is 1. The Morgan fingerprint density at radius 3 is 1.84 bits per heavy atom. The number of esters is 1.